The average molecular weight is 355 g/mol. The van der Waals surface area contributed by atoms with Gasteiger partial charge in [-0.2, -0.15) is 18.3 Å². The number of carbonyl (C=O) groups excluding carboxylic acids is 1. The van der Waals surface area contributed by atoms with Crippen LogP contribution in [0.15, 0.2) is 35.4 Å². The summed E-state index contributed by atoms with van der Waals surface area (Å²) in [4.78, 5) is 13.1. The molecule has 0 unspecified atom stereocenters. The number of rotatable bonds is 3. The standard InChI is InChI=1S/C16H20F3N5O/c17-16(18,19)12-3-1-10(2-4-12)13(20)9-14(23-22)24-7-5-11(6-8-24)15(21)25/h1-4,9,11H,5-8,20,22H2,(H2,21,25). The lowest BCUT2D eigenvalue weighted by atomic mass is 9.96. The molecule has 1 saturated heterocycles. The number of halogens is 3. The minimum absolute atomic E-state index is 0.175. The minimum atomic E-state index is -4.40. The molecule has 1 aromatic carbocycles. The van der Waals surface area contributed by atoms with Gasteiger partial charge in [0.1, 0.15) is 5.84 Å². The lowest BCUT2D eigenvalue weighted by Gasteiger charge is -2.31. The number of amides is 1. The Labute approximate surface area is 143 Å². The first-order valence-corrected chi connectivity index (χ1v) is 7.69. The normalized spacial score (nSPS) is 17.6. The smallest absolute Gasteiger partial charge is 0.398 e. The highest BCUT2D eigenvalue weighted by Crippen LogP contribution is 2.29. The third kappa shape index (κ3) is 4.65. The summed E-state index contributed by atoms with van der Waals surface area (Å²) in [5, 5.41) is 3.69. The Hall–Kier alpha value is -2.71. The van der Waals surface area contributed by atoms with Crippen molar-refractivity contribution in [2.45, 2.75) is 19.0 Å². The van der Waals surface area contributed by atoms with Crippen LogP contribution in [0.1, 0.15) is 24.0 Å². The van der Waals surface area contributed by atoms with Crippen LogP contribution in [-0.4, -0.2) is 29.7 Å². The van der Waals surface area contributed by atoms with E-state index in [1.165, 1.54) is 18.2 Å². The van der Waals surface area contributed by atoms with Crippen molar-refractivity contribution in [3.8, 4) is 0 Å². The number of amidine groups is 1. The zero-order valence-corrected chi connectivity index (χ0v) is 13.5. The molecule has 0 radical (unpaired) electrons. The quantitative estimate of drug-likeness (QED) is 0.330. The van der Waals surface area contributed by atoms with Gasteiger partial charge in [0.25, 0.3) is 0 Å². The highest BCUT2D eigenvalue weighted by atomic mass is 19.4. The second kappa shape index (κ2) is 7.45. The molecule has 6 N–H and O–H groups in total. The molecule has 1 aliphatic rings. The Kier molecular flexibility index (Phi) is 5.55. The molecule has 9 heteroatoms. The molecule has 0 spiro atoms. The number of nitrogens with two attached hydrogens (primary N) is 3. The van der Waals surface area contributed by atoms with Crippen molar-refractivity contribution < 1.29 is 18.0 Å². The molecule has 0 aliphatic carbocycles. The van der Waals surface area contributed by atoms with Crippen molar-refractivity contribution >= 4 is 17.4 Å². The van der Waals surface area contributed by atoms with Gasteiger partial charge in [0.05, 0.1) is 5.56 Å². The maximum Gasteiger partial charge on any atom is 0.416 e. The summed E-state index contributed by atoms with van der Waals surface area (Å²) in [5.41, 5.74) is 11.2. The van der Waals surface area contributed by atoms with E-state index in [1.54, 1.807) is 0 Å². The van der Waals surface area contributed by atoms with Crippen molar-refractivity contribution in [1.29, 1.82) is 0 Å². The summed E-state index contributed by atoms with van der Waals surface area (Å²) >= 11 is 0. The lowest BCUT2D eigenvalue weighted by molar-refractivity contribution is -0.137. The average Bonchev–Trinajstić information content (AvgIpc) is 2.59. The Morgan fingerprint density at radius 2 is 1.72 bits per heavy atom. The molecule has 25 heavy (non-hydrogen) atoms. The zero-order chi connectivity index (χ0) is 18.6. The van der Waals surface area contributed by atoms with Gasteiger partial charge >= 0.3 is 6.18 Å². The SMILES string of the molecule is NN=C(C=C(N)c1ccc(C(F)(F)F)cc1)N1CCC(C(N)=O)CC1. The van der Waals surface area contributed by atoms with Crippen molar-refractivity contribution in [2.24, 2.45) is 28.3 Å². The second-order valence-electron chi connectivity index (χ2n) is 5.83. The molecule has 2 rings (SSSR count). The molecule has 1 aliphatic heterocycles. The molecule has 0 saturated carbocycles. The molecule has 136 valence electrons. The van der Waals surface area contributed by atoms with Gasteiger partial charge in [-0.15, -0.1) is 0 Å². The van der Waals surface area contributed by atoms with Crippen LogP contribution in [0.5, 0.6) is 0 Å². The van der Waals surface area contributed by atoms with Gasteiger partial charge in [0, 0.05) is 30.8 Å². The number of alkyl halides is 3. The number of primary amides is 1. The number of likely N-dealkylation sites (tertiary alicyclic amines) is 1. The summed E-state index contributed by atoms with van der Waals surface area (Å²) in [6.07, 6.45) is -1.72. The predicted octanol–water partition coefficient (Wildman–Crippen LogP) is 1.47. The molecule has 0 bridgehead atoms. The highest BCUT2D eigenvalue weighted by molar-refractivity contribution is 5.98. The summed E-state index contributed by atoms with van der Waals surface area (Å²) in [7, 11) is 0. The first-order chi connectivity index (χ1) is 11.7. The number of hydrogen-bond acceptors (Lipinski definition) is 4. The van der Waals surface area contributed by atoms with Crippen LogP contribution < -0.4 is 17.3 Å². The number of hydrogen-bond donors (Lipinski definition) is 3. The van der Waals surface area contributed by atoms with Gasteiger partial charge in [0.15, 0.2) is 0 Å². The van der Waals surface area contributed by atoms with Crippen LogP contribution in [0.3, 0.4) is 0 Å². The Morgan fingerprint density at radius 1 is 1.16 bits per heavy atom. The van der Waals surface area contributed by atoms with E-state index in [9.17, 15) is 18.0 Å². The van der Waals surface area contributed by atoms with Crippen LogP contribution in [0.25, 0.3) is 5.70 Å². The maximum atomic E-state index is 12.6. The van der Waals surface area contributed by atoms with E-state index in [4.69, 9.17) is 17.3 Å². The van der Waals surface area contributed by atoms with E-state index in [1.807, 2.05) is 4.90 Å². The summed E-state index contributed by atoms with van der Waals surface area (Å²) in [6.45, 7) is 1.08. The monoisotopic (exact) mass is 355 g/mol. The summed E-state index contributed by atoms with van der Waals surface area (Å²) in [5.74, 6) is 5.31. The van der Waals surface area contributed by atoms with Gasteiger partial charge in [-0.1, -0.05) is 12.1 Å². The van der Waals surface area contributed by atoms with E-state index in [2.05, 4.69) is 5.10 Å². The number of nitrogens with zero attached hydrogens (tertiary/aromatic N) is 2. The molecule has 1 heterocycles. The van der Waals surface area contributed by atoms with Crippen molar-refractivity contribution in [3.63, 3.8) is 0 Å². The molecule has 0 atom stereocenters. The number of carbonyl (C=O) groups is 1. The van der Waals surface area contributed by atoms with Gasteiger partial charge < -0.3 is 22.2 Å². The molecule has 1 aromatic rings. The Bertz CT molecular complexity index is 674. The summed E-state index contributed by atoms with van der Waals surface area (Å²) < 4.78 is 37.8. The molecular weight excluding hydrogens is 335 g/mol. The van der Waals surface area contributed by atoms with Gasteiger partial charge in [0.2, 0.25) is 5.91 Å². The first kappa shape index (κ1) is 18.6. The number of hydrazone groups is 1. The van der Waals surface area contributed by atoms with Crippen LogP contribution in [0.4, 0.5) is 13.2 Å². The van der Waals surface area contributed by atoms with Crippen molar-refractivity contribution in [2.75, 3.05) is 13.1 Å². The van der Waals surface area contributed by atoms with Gasteiger partial charge in [-0.05, 0) is 30.5 Å². The van der Waals surface area contributed by atoms with E-state index >= 15 is 0 Å². The largest absolute Gasteiger partial charge is 0.416 e. The number of piperidine rings is 1. The predicted molar refractivity (Wildman–Crippen MR) is 88.7 cm³/mol. The van der Waals surface area contributed by atoms with Gasteiger partial charge in [-0.25, -0.2) is 0 Å². The number of benzene rings is 1. The maximum absolute atomic E-state index is 12.6. The van der Waals surface area contributed by atoms with Gasteiger partial charge in [-0.3, -0.25) is 4.79 Å². The van der Waals surface area contributed by atoms with Crippen LogP contribution >= 0.6 is 0 Å². The Morgan fingerprint density at radius 3 is 2.16 bits per heavy atom. The summed E-state index contributed by atoms with van der Waals surface area (Å²) in [6, 6.07) is 4.52. The Balaban J connectivity index is 2.10. The minimum Gasteiger partial charge on any atom is -0.398 e. The molecule has 0 aromatic heterocycles. The van der Waals surface area contributed by atoms with Crippen molar-refractivity contribution in [1.82, 2.24) is 4.90 Å². The third-order valence-corrected chi connectivity index (χ3v) is 4.18. The van der Waals surface area contributed by atoms with E-state index in [0.29, 0.717) is 37.3 Å². The van der Waals surface area contributed by atoms with Crippen LogP contribution in [-0.2, 0) is 11.0 Å². The highest BCUT2D eigenvalue weighted by Gasteiger charge is 2.30. The third-order valence-electron chi connectivity index (χ3n) is 4.18. The molecule has 1 fully saturated rings. The molecule has 1 amide bonds. The lowest BCUT2D eigenvalue weighted by Crippen LogP contribution is -2.41. The van der Waals surface area contributed by atoms with E-state index in [-0.39, 0.29) is 17.5 Å². The van der Waals surface area contributed by atoms with Crippen molar-refractivity contribution in [3.05, 3.63) is 41.5 Å². The fraction of sp³-hybridized carbons (Fsp3) is 0.375. The topological polar surface area (TPSA) is 111 Å². The molecule has 6 nitrogen and oxygen atoms in total. The molecular formula is C16H20F3N5O. The van der Waals surface area contributed by atoms with Crippen LogP contribution in [0, 0.1) is 5.92 Å². The fourth-order valence-electron chi connectivity index (χ4n) is 2.68. The zero-order valence-electron chi connectivity index (χ0n) is 13.5. The fourth-order valence-corrected chi connectivity index (χ4v) is 2.68. The van der Waals surface area contributed by atoms with E-state index in [0.717, 1.165) is 12.1 Å². The second-order valence-corrected chi connectivity index (χ2v) is 5.83. The van der Waals surface area contributed by atoms with E-state index < -0.39 is 11.7 Å². The van der Waals surface area contributed by atoms with Crippen LogP contribution in [0.2, 0.25) is 0 Å². The first-order valence-electron chi connectivity index (χ1n) is 7.69.